The normalized spacial score (nSPS) is 13.5. The molecule has 0 amide bonds. The summed E-state index contributed by atoms with van der Waals surface area (Å²) in [7, 11) is 2.58. The van der Waals surface area contributed by atoms with Gasteiger partial charge in [-0.15, -0.1) is 0 Å². The second kappa shape index (κ2) is 14.7. The molecule has 0 saturated carbocycles. The smallest absolute Gasteiger partial charge is 0.339 e. The van der Waals surface area contributed by atoms with Gasteiger partial charge >= 0.3 is 23.9 Å². The number of hydrogen-bond donors (Lipinski definition) is 0. The molecule has 0 spiro atoms. The van der Waals surface area contributed by atoms with Crippen molar-refractivity contribution < 1.29 is 38.1 Å². The van der Waals surface area contributed by atoms with Gasteiger partial charge in [-0.1, -0.05) is 38.1 Å². The lowest BCUT2D eigenvalue weighted by atomic mass is 10.1. The molecule has 1 rings (SSSR count). The van der Waals surface area contributed by atoms with E-state index in [0.717, 1.165) is 0 Å². The van der Waals surface area contributed by atoms with E-state index in [1.165, 1.54) is 26.4 Å². The second-order valence-corrected chi connectivity index (χ2v) is 7.64. The van der Waals surface area contributed by atoms with Crippen LogP contribution in [-0.2, 0) is 28.5 Å². The molecule has 34 heavy (non-hydrogen) atoms. The number of esters is 4. The Hall–Kier alpha value is -3.42. The first-order valence-corrected chi connectivity index (χ1v) is 11.2. The number of ether oxygens (including phenoxy) is 4. The quantitative estimate of drug-likeness (QED) is 0.246. The molecule has 0 aliphatic carbocycles. The maximum Gasteiger partial charge on any atom is 0.339 e. The summed E-state index contributed by atoms with van der Waals surface area (Å²) in [5.41, 5.74) is 0.910. The van der Waals surface area contributed by atoms with E-state index in [1.54, 1.807) is 38.1 Å². The number of hydrogen-bond acceptors (Lipinski definition) is 8. The van der Waals surface area contributed by atoms with Crippen molar-refractivity contribution in [1.82, 2.24) is 0 Å². The average Bonchev–Trinajstić information content (AvgIpc) is 2.82. The molecule has 0 radical (unpaired) electrons. The lowest BCUT2D eigenvalue weighted by molar-refractivity contribution is -0.137. The van der Waals surface area contributed by atoms with Crippen LogP contribution < -0.4 is 0 Å². The Morgan fingerprint density at radius 1 is 0.735 bits per heavy atom. The Balaban J connectivity index is 2.94. The van der Waals surface area contributed by atoms with Gasteiger partial charge in [0.15, 0.2) is 0 Å². The SMILES string of the molecule is CCC=C(CC(C)OC(=O)c1ccccc1C(=O)OC(C)CC(=CCC)C(=O)OC)C(=O)OC. The highest BCUT2D eigenvalue weighted by Gasteiger charge is 2.24. The zero-order valence-electron chi connectivity index (χ0n) is 20.7. The summed E-state index contributed by atoms with van der Waals surface area (Å²) in [5.74, 6) is -2.39. The van der Waals surface area contributed by atoms with Crippen LogP contribution in [0.2, 0.25) is 0 Å². The second-order valence-electron chi connectivity index (χ2n) is 7.64. The van der Waals surface area contributed by atoms with Gasteiger partial charge in [-0.25, -0.2) is 19.2 Å². The summed E-state index contributed by atoms with van der Waals surface area (Å²) in [6, 6.07) is 6.15. The van der Waals surface area contributed by atoms with E-state index in [9.17, 15) is 19.2 Å². The number of allylic oxidation sites excluding steroid dienone is 2. The van der Waals surface area contributed by atoms with Crippen molar-refractivity contribution in [2.24, 2.45) is 0 Å². The third-order valence-corrected chi connectivity index (χ3v) is 4.79. The molecule has 2 unspecified atom stereocenters. The Bertz CT molecular complexity index is 853. The van der Waals surface area contributed by atoms with Gasteiger partial charge in [-0.3, -0.25) is 0 Å². The Morgan fingerprint density at radius 2 is 1.09 bits per heavy atom. The van der Waals surface area contributed by atoms with Gasteiger partial charge in [0.2, 0.25) is 0 Å². The van der Waals surface area contributed by atoms with E-state index in [1.807, 2.05) is 13.8 Å². The maximum absolute atomic E-state index is 12.8. The van der Waals surface area contributed by atoms with Gasteiger partial charge in [0.05, 0.1) is 25.3 Å². The molecule has 1 aromatic rings. The Kier molecular flexibility index (Phi) is 12.3. The molecule has 0 N–H and O–H groups in total. The fourth-order valence-corrected chi connectivity index (χ4v) is 3.29. The summed E-state index contributed by atoms with van der Waals surface area (Å²) in [6.45, 7) is 7.08. The molecule has 0 aliphatic heterocycles. The van der Waals surface area contributed by atoms with Crippen LogP contribution in [0, 0.1) is 0 Å². The summed E-state index contributed by atoms with van der Waals surface area (Å²) in [6.07, 6.45) is 3.79. The molecular weight excluding hydrogens is 440 g/mol. The highest BCUT2D eigenvalue weighted by Crippen LogP contribution is 2.19. The van der Waals surface area contributed by atoms with Crippen LogP contribution >= 0.6 is 0 Å². The third kappa shape index (κ3) is 8.84. The van der Waals surface area contributed by atoms with Gasteiger partial charge in [-0.2, -0.15) is 0 Å². The van der Waals surface area contributed by atoms with Crippen LogP contribution in [0.1, 0.15) is 74.1 Å². The zero-order chi connectivity index (χ0) is 25.7. The molecular formula is C26H34O8. The van der Waals surface area contributed by atoms with Crippen molar-refractivity contribution in [3.63, 3.8) is 0 Å². The average molecular weight is 475 g/mol. The summed E-state index contributed by atoms with van der Waals surface area (Å²) in [5, 5.41) is 0. The topological polar surface area (TPSA) is 105 Å². The summed E-state index contributed by atoms with van der Waals surface area (Å²) < 4.78 is 20.5. The third-order valence-electron chi connectivity index (χ3n) is 4.79. The lowest BCUT2D eigenvalue weighted by Gasteiger charge is -2.17. The minimum atomic E-state index is -0.713. The van der Waals surface area contributed by atoms with Crippen molar-refractivity contribution >= 4 is 23.9 Å². The molecule has 8 heteroatoms. The standard InChI is InChI=1S/C26H34O8/c1-7-11-19(23(27)31-5)15-17(3)33-25(29)21-13-9-10-14-22(21)26(30)34-18(4)16-20(12-8-2)24(28)32-6/h9-14,17-18H,7-8,15-16H2,1-6H3. The predicted molar refractivity (Wildman–Crippen MR) is 126 cm³/mol. The first-order chi connectivity index (χ1) is 16.2. The van der Waals surface area contributed by atoms with E-state index in [-0.39, 0.29) is 24.0 Å². The Morgan fingerprint density at radius 3 is 1.38 bits per heavy atom. The molecule has 0 aromatic heterocycles. The summed E-state index contributed by atoms with van der Waals surface area (Å²) in [4.78, 5) is 49.4. The van der Waals surface area contributed by atoms with Crippen molar-refractivity contribution in [2.75, 3.05) is 14.2 Å². The largest absolute Gasteiger partial charge is 0.466 e. The molecule has 2 atom stereocenters. The fraction of sp³-hybridized carbons (Fsp3) is 0.462. The van der Waals surface area contributed by atoms with Crippen molar-refractivity contribution in [3.05, 3.63) is 58.7 Å². The number of methoxy groups -OCH3 is 2. The molecule has 0 bridgehead atoms. The van der Waals surface area contributed by atoms with Gasteiger partial charge in [0, 0.05) is 24.0 Å². The summed E-state index contributed by atoms with van der Waals surface area (Å²) >= 11 is 0. The molecule has 0 aliphatic rings. The highest BCUT2D eigenvalue weighted by molar-refractivity contribution is 6.03. The molecule has 0 fully saturated rings. The number of benzene rings is 1. The van der Waals surface area contributed by atoms with E-state index in [4.69, 9.17) is 18.9 Å². The van der Waals surface area contributed by atoms with Crippen molar-refractivity contribution in [1.29, 1.82) is 0 Å². The minimum absolute atomic E-state index is 0.0444. The van der Waals surface area contributed by atoms with Crippen LogP contribution in [0.15, 0.2) is 47.6 Å². The molecule has 8 nitrogen and oxygen atoms in total. The van der Waals surface area contributed by atoms with Crippen LogP contribution in [0.25, 0.3) is 0 Å². The van der Waals surface area contributed by atoms with E-state index in [0.29, 0.717) is 24.0 Å². The lowest BCUT2D eigenvalue weighted by Crippen LogP contribution is -2.22. The zero-order valence-corrected chi connectivity index (χ0v) is 20.7. The van der Waals surface area contributed by atoms with Crippen LogP contribution in [-0.4, -0.2) is 50.3 Å². The number of rotatable bonds is 12. The maximum atomic E-state index is 12.8. The molecule has 0 saturated heterocycles. The van der Waals surface area contributed by atoms with Crippen molar-refractivity contribution in [3.8, 4) is 0 Å². The first kappa shape index (κ1) is 28.6. The van der Waals surface area contributed by atoms with Crippen molar-refractivity contribution in [2.45, 2.75) is 65.6 Å². The van der Waals surface area contributed by atoms with Gasteiger partial charge < -0.3 is 18.9 Å². The number of carbonyl (C=O) groups is 4. The Labute approximate surface area is 200 Å². The van der Waals surface area contributed by atoms with E-state index in [2.05, 4.69) is 0 Å². The van der Waals surface area contributed by atoms with E-state index < -0.39 is 36.1 Å². The molecule has 0 heterocycles. The highest BCUT2D eigenvalue weighted by atomic mass is 16.6. The monoisotopic (exact) mass is 474 g/mol. The van der Waals surface area contributed by atoms with Gasteiger partial charge in [0.1, 0.15) is 12.2 Å². The first-order valence-electron chi connectivity index (χ1n) is 11.2. The minimum Gasteiger partial charge on any atom is -0.466 e. The van der Waals surface area contributed by atoms with E-state index >= 15 is 0 Å². The van der Waals surface area contributed by atoms with Crippen LogP contribution in [0.5, 0.6) is 0 Å². The van der Waals surface area contributed by atoms with Crippen LogP contribution in [0.4, 0.5) is 0 Å². The predicted octanol–water partition coefficient (Wildman–Crippen LogP) is 4.58. The van der Waals surface area contributed by atoms with Crippen LogP contribution in [0.3, 0.4) is 0 Å². The van der Waals surface area contributed by atoms with Gasteiger partial charge in [0.25, 0.3) is 0 Å². The number of carbonyl (C=O) groups excluding carboxylic acids is 4. The van der Waals surface area contributed by atoms with Gasteiger partial charge in [-0.05, 0) is 38.8 Å². The fourth-order valence-electron chi connectivity index (χ4n) is 3.29. The molecule has 1 aromatic carbocycles. The molecule has 186 valence electrons.